The highest BCUT2D eigenvalue weighted by molar-refractivity contribution is 5.95. The number of aryl methyl sites for hydroxylation is 1. The van der Waals surface area contributed by atoms with Crippen molar-refractivity contribution >= 4 is 5.91 Å². The van der Waals surface area contributed by atoms with E-state index in [1.54, 1.807) is 26.2 Å². The van der Waals surface area contributed by atoms with Crippen molar-refractivity contribution in [1.82, 2.24) is 4.90 Å². The van der Waals surface area contributed by atoms with Gasteiger partial charge in [0.15, 0.2) is 5.60 Å². The Hall–Kier alpha value is -2.49. The van der Waals surface area contributed by atoms with Crippen LogP contribution in [0.5, 0.6) is 5.75 Å². The fourth-order valence-corrected chi connectivity index (χ4v) is 3.53. The Balaban J connectivity index is 1.85. The van der Waals surface area contributed by atoms with Crippen molar-refractivity contribution in [1.29, 1.82) is 0 Å². The topological polar surface area (TPSA) is 120 Å². The predicted octanol–water partition coefficient (Wildman–Crippen LogP) is 0.933. The molecule has 1 aliphatic rings. The number of ether oxygens (including phenoxy) is 2. The number of aliphatic hydroxyl groups excluding tert-OH is 3. The van der Waals surface area contributed by atoms with Crippen LogP contribution >= 0.6 is 0 Å². The maximum Gasteiger partial charge on any atom is 0.253 e. The zero-order valence-electron chi connectivity index (χ0n) is 18.0. The second-order valence-corrected chi connectivity index (χ2v) is 8.23. The molecule has 31 heavy (non-hydrogen) atoms. The SMILES string of the molecule is Cc1cc(-c2cccc(C(=O)N(C)C)c2)ccc1O[C@H]1OC(CO)[C@@H](O)C(O)[C@]1(C)O. The van der Waals surface area contributed by atoms with E-state index < -0.39 is 36.8 Å². The lowest BCUT2D eigenvalue weighted by molar-refractivity contribution is -0.314. The molecule has 8 heteroatoms. The van der Waals surface area contributed by atoms with Crippen molar-refractivity contribution in [3.63, 3.8) is 0 Å². The first-order chi connectivity index (χ1) is 14.6. The molecule has 0 spiro atoms. The Kier molecular flexibility index (Phi) is 6.68. The maximum atomic E-state index is 12.2. The van der Waals surface area contributed by atoms with Crippen molar-refractivity contribution in [2.24, 2.45) is 0 Å². The van der Waals surface area contributed by atoms with Gasteiger partial charge in [0.1, 0.15) is 24.1 Å². The molecule has 3 rings (SSSR count). The number of hydrogen-bond acceptors (Lipinski definition) is 7. The molecule has 1 heterocycles. The van der Waals surface area contributed by atoms with Crippen molar-refractivity contribution in [3.8, 4) is 16.9 Å². The summed E-state index contributed by atoms with van der Waals surface area (Å²) in [6, 6.07) is 12.7. The third kappa shape index (κ3) is 4.58. The van der Waals surface area contributed by atoms with Gasteiger partial charge in [0.25, 0.3) is 5.91 Å². The molecule has 2 aromatic rings. The Morgan fingerprint density at radius 1 is 1.16 bits per heavy atom. The van der Waals surface area contributed by atoms with Gasteiger partial charge in [-0.2, -0.15) is 0 Å². The monoisotopic (exact) mass is 431 g/mol. The van der Waals surface area contributed by atoms with Crippen LogP contribution in [0.25, 0.3) is 11.1 Å². The van der Waals surface area contributed by atoms with Crippen molar-refractivity contribution in [2.45, 2.75) is 44.1 Å². The van der Waals surface area contributed by atoms with Crippen LogP contribution in [0.4, 0.5) is 0 Å². The quantitative estimate of drug-likeness (QED) is 0.556. The van der Waals surface area contributed by atoms with Crippen molar-refractivity contribution < 1.29 is 34.7 Å². The fraction of sp³-hybridized carbons (Fsp3) is 0.435. The lowest BCUT2D eigenvalue weighted by Crippen LogP contribution is -2.66. The van der Waals surface area contributed by atoms with Gasteiger partial charge in [-0.05, 0) is 54.8 Å². The van der Waals surface area contributed by atoms with E-state index in [-0.39, 0.29) is 5.91 Å². The second-order valence-electron chi connectivity index (χ2n) is 8.23. The van der Waals surface area contributed by atoms with E-state index in [0.717, 1.165) is 16.7 Å². The Bertz CT molecular complexity index is 943. The second kappa shape index (κ2) is 8.94. The summed E-state index contributed by atoms with van der Waals surface area (Å²) in [7, 11) is 3.40. The van der Waals surface area contributed by atoms with E-state index >= 15 is 0 Å². The van der Waals surface area contributed by atoms with E-state index in [9.17, 15) is 25.2 Å². The Labute approximate surface area is 181 Å². The number of benzene rings is 2. The van der Waals surface area contributed by atoms with Gasteiger partial charge in [-0.25, -0.2) is 0 Å². The molecule has 1 amide bonds. The van der Waals surface area contributed by atoms with Crippen LogP contribution < -0.4 is 4.74 Å². The molecule has 0 bridgehead atoms. The molecular weight excluding hydrogens is 402 g/mol. The van der Waals surface area contributed by atoms with E-state index in [4.69, 9.17) is 9.47 Å². The minimum atomic E-state index is -1.89. The number of carbonyl (C=O) groups excluding carboxylic acids is 1. The summed E-state index contributed by atoms with van der Waals surface area (Å²) >= 11 is 0. The molecule has 2 unspecified atom stereocenters. The van der Waals surface area contributed by atoms with Gasteiger partial charge >= 0.3 is 0 Å². The number of aliphatic hydroxyl groups is 4. The minimum Gasteiger partial charge on any atom is -0.461 e. The minimum absolute atomic E-state index is 0.0885. The summed E-state index contributed by atoms with van der Waals surface area (Å²) in [6.45, 7) is 2.59. The van der Waals surface area contributed by atoms with Crippen LogP contribution in [-0.4, -0.2) is 82.1 Å². The fourth-order valence-electron chi connectivity index (χ4n) is 3.53. The highest BCUT2D eigenvalue weighted by Crippen LogP contribution is 2.34. The molecule has 1 fully saturated rings. The normalized spacial score (nSPS) is 28.3. The van der Waals surface area contributed by atoms with E-state index in [1.165, 1.54) is 11.8 Å². The molecule has 4 N–H and O–H groups in total. The Morgan fingerprint density at radius 2 is 1.84 bits per heavy atom. The van der Waals surface area contributed by atoms with Gasteiger partial charge in [0.05, 0.1) is 6.61 Å². The Morgan fingerprint density at radius 3 is 2.45 bits per heavy atom. The summed E-state index contributed by atoms with van der Waals surface area (Å²) in [5.41, 5.74) is 1.16. The van der Waals surface area contributed by atoms with Gasteiger partial charge in [-0.1, -0.05) is 18.2 Å². The van der Waals surface area contributed by atoms with Gasteiger partial charge in [0.2, 0.25) is 6.29 Å². The summed E-state index contributed by atoms with van der Waals surface area (Å²) in [5.74, 6) is 0.323. The van der Waals surface area contributed by atoms with Crippen LogP contribution in [0, 0.1) is 6.92 Å². The molecule has 168 valence electrons. The van der Waals surface area contributed by atoms with Gasteiger partial charge in [-0.15, -0.1) is 0 Å². The van der Waals surface area contributed by atoms with Crippen molar-refractivity contribution in [3.05, 3.63) is 53.6 Å². The third-order valence-corrected chi connectivity index (χ3v) is 5.52. The van der Waals surface area contributed by atoms with Crippen LogP contribution in [0.2, 0.25) is 0 Å². The summed E-state index contributed by atoms with van der Waals surface area (Å²) < 4.78 is 11.3. The van der Waals surface area contributed by atoms with Gasteiger partial charge < -0.3 is 34.8 Å². The molecule has 1 saturated heterocycles. The zero-order valence-corrected chi connectivity index (χ0v) is 18.0. The zero-order chi connectivity index (χ0) is 22.9. The smallest absolute Gasteiger partial charge is 0.253 e. The van der Waals surface area contributed by atoms with E-state index in [0.29, 0.717) is 11.3 Å². The molecule has 2 aromatic carbocycles. The highest BCUT2D eigenvalue weighted by Gasteiger charge is 2.53. The van der Waals surface area contributed by atoms with Crippen molar-refractivity contribution in [2.75, 3.05) is 20.7 Å². The van der Waals surface area contributed by atoms with Crippen LogP contribution in [0.15, 0.2) is 42.5 Å². The lowest BCUT2D eigenvalue weighted by Gasteiger charge is -2.45. The molecule has 0 radical (unpaired) electrons. The first-order valence-electron chi connectivity index (χ1n) is 10.0. The summed E-state index contributed by atoms with van der Waals surface area (Å²) in [4.78, 5) is 13.8. The lowest BCUT2D eigenvalue weighted by atomic mass is 9.88. The average Bonchev–Trinajstić information content (AvgIpc) is 2.75. The number of amides is 1. The first-order valence-corrected chi connectivity index (χ1v) is 10.0. The molecule has 5 atom stereocenters. The largest absolute Gasteiger partial charge is 0.461 e. The molecule has 0 aromatic heterocycles. The third-order valence-electron chi connectivity index (χ3n) is 5.52. The predicted molar refractivity (Wildman–Crippen MR) is 114 cm³/mol. The van der Waals surface area contributed by atoms with E-state index in [1.807, 2.05) is 37.3 Å². The number of carbonyl (C=O) groups is 1. The summed E-state index contributed by atoms with van der Waals surface area (Å²) in [6.07, 6.45) is -5.38. The van der Waals surface area contributed by atoms with Gasteiger partial charge in [0, 0.05) is 19.7 Å². The molecule has 0 saturated carbocycles. The summed E-state index contributed by atoms with van der Waals surface area (Å²) in [5, 5.41) is 40.2. The molecule has 8 nitrogen and oxygen atoms in total. The highest BCUT2D eigenvalue weighted by atomic mass is 16.7. The number of hydrogen-bond donors (Lipinski definition) is 4. The van der Waals surface area contributed by atoms with Crippen LogP contribution in [0.1, 0.15) is 22.8 Å². The molecule has 0 aliphatic carbocycles. The maximum absolute atomic E-state index is 12.2. The first kappa shape index (κ1) is 23.2. The van der Waals surface area contributed by atoms with E-state index in [2.05, 4.69) is 0 Å². The van der Waals surface area contributed by atoms with Crippen LogP contribution in [-0.2, 0) is 4.74 Å². The molecular formula is C23H29NO7. The standard InChI is InChI=1S/C23H29NO7/c1-13-10-15(14-6-5-7-16(11-14)21(28)24(3)4)8-9-17(13)30-22-23(2,29)20(27)19(26)18(12-25)31-22/h5-11,18-20,22,25-27,29H,12H2,1-4H3/t18?,19-,20?,22+,23+/m1/s1. The van der Waals surface area contributed by atoms with Crippen LogP contribution in [0.3, 0.4) is 0 Å². The average molecular weight is 431 g/mol. The number of rotatable bonds is 5. The number of nitrogens with zero attached hydrogens (tertiary/aromatic N) is 1. The van der Waals surface area contributed by atoms with Gasteiger partial charge in [-0.3, -0.25) is 4.79 Å². The molecule has 1 aliphatic heterocycles.